The van der Waals surface area contributed by atoms with Crippen LogP contribution in [-0.2, 0) is 0 Å². The average molecular weight is 255 g/mol. The molecule has 0 bridgehead atoms. The summed E-state index contributed by atoms with van der Waals surface area (Å²) in [6.07, 6.45) is 1.29. The maximum atomic E-state index is 3.53. The number of halogens is 1. The summed E-state index contributed by atoms with van der Waals surface area (Å²) in [5, 5.41) is 6.84. The van der Waals surface area contributed by atoms with Gasteiger partial charge in [0.05, 0.1) is 0 Å². The zero-order valence-electron chi connectivity index (χ0n) is 8.09. The lowest BCUT2D eigenvalue weighted by atomic mass is 10.1. The van der Waals surface area contributed by atoms with Gasteiger partial charge in [0.1, 0.15) is 0 Å². The van der Waals surface area contributed by atoms with Crippen LogP contribution >= 0.6 is 15.9 Å². The Hall–Kier alpha value is -0.540. The number of para-hydroxylation sites is 1. The number of anilines is 1. The predicted octanol–water partition coefficient (Wildman–Crippen LogP) is 2.47. The zero-order chi connectivity index (χ0) is 9.80. The van der Waals surface area contributed by atoms with Crippen LogP contribution in [0, 0.1) is 5.92 Å². The highest BCUT2D eigenvalue weighted by Gasteiger charge is 2.13. The summed E-state index contributed by atoms with van der Waals surface area (Å²) in [6, 6.07) is 8.26. The summed E-state index contributed by atoms with van der Waals surface area (Å²) in [6.45, 7) is 3.38. The Morgan fingerprint density at radius 1 is 1.43 bits per heavy atom. The van der Waals surface area contributed by atoms with Crippen LogP contribution in [0.1, 0.15) is 6.42 Å². The van der Waals surface area contributed by atoms with Crippen LogP contribution in [0.4, 0.5) is 5.69 Å². The topological polar surface area (TPSA) is 24.1 Å². The van der Waals surface area contributed by atoms with Gasteiger partial charge in [0.15, 0.2) is 0 Å². The number of nitrogens with one attached hydrogen (secondary N) is 2. The first kappa shape index (κ1) is 9.99. The van der Waals surface area contributed by atoms with Crippen molar-refractivity contribution in [3.63, 3.8) is 0 Å². The van der Waals surface area contributed by atoms with E-state index < -0.39 is 0 Å². The van der Waals surface area contributed by atoms with E-state index in [1.54, 1.807) is 0 Å². The summed E-state index contributed by atoms with van der Waals surface area (Å²) in [7, 11) is 0. The molecule has 1 aliphatic rings. The lowest BCUT2D eigenvalue weighted by Gasteiger charge is -2.12. The Labute approximate surface area is 93.2 Å². The molecule has 1 atom stereocenters. The molecule has 2 nitrogen and oxygen atoms in total. The second-order valence-electron chi connectivity index (χ2n) is 3.72. The van der Waals surface area contributed by atoms with E-state index in [9.17, 15) is 0 Å². The van der Waals surface area contributed by atoms with Gasteiger partial charge < -0.3 is 10.6 Å². The molecule has 1 aromatic rings. The Bertz CT molecular complexity index is 295. The fraction of sp³-hybridized carbons (Fsp3) is 0.455. The first-order chi connectivity index (χ1) is 6.86. The van der Waals surface area contributed by atoms with Crippen molar-refractivity contribution in [2.45, 2.75) is 6.42 Å². The van der Waals surface area contributed by atoms with Crippen LogP contribution in [-0.4, -0.2) is 19.6 Å². The molecule has 1 heterocycles. The summed E-state index contributed by atoms with van der Waals surface area (Å²) in [5.41, 5.74) is 1.19. The molecule has 0 radical (unpaired) electrons. The third-order valence-electron chi connectivity index (χ3n) is 2.62. The molecule has 1 aromatic carbocycles. The molecule has 0 saturated carbocycles. The van der Waals surface area contributed by atoms with E-state index in [2.05, 4.69) is 44.8 Å². The Balaban J connectivity index is 1.88. The van der Waals surface area contributed by atoms with Gasteiger partial charge in [0, 0.05) is 16.7 Å². The van der Waals surface area contributed by atoms with Crippen molar-refractivity contribution < 1.29 is 0 Å². The minimum atomic E-state index is 0.780. The van der Waals surface area contributed by atoms with Gasteiger partial charge >= 0.3 is 0 Å². The molecular formula is C11H15BrN2. The van der Waals surface area contributed by atoms with Crippen LogP contribution in [0.3, 0.4) is 0 Å². The van der Waals surface area contributed by atoms with Crippen LogP contribution in [0.5, 0.6) is 0 Å². The van der Waals surface area contributed by atoms with Crippen molar-refractivity contribution in [1.29, 1.82) is 0 Å². The predicted molar refractivity (Wildman–Crippen MR) is 63.6 cm³/mol. The molecule has 2 N–H and O–H groups in total. The third kappa shape index (κ3) is 2.49. The quantitative estimate of drug-likeness (QED) is 0.867. The van der Waals surface area contributed by atoms with Gasteiger partial charge in [-0.25, -0.2) is 0 Å². The molecule has 1 unspecified atom stereocenters. The average Bonchev–Trinajstić information content (AvgIpc) is 2.69. The minimum Gasteiger partial charge on any atom is -0.384 e. The van der Waals surface area contributed by atoms with Crippen molar-refractivity contribution in [1.82, 2.24) is 5.32 Å². The second kappa shape index (κ2) is 4.80. The molecule has 3 heteroatoms. The zero-order valence-corrected chi connectivity index (χ0v) is 9.68. The van der Waals surface area contributed by atoms with Gasteiger partial charge in [0.2, 0.25) is 0 Å². The van der Waals surface area contributed by atoms with E-state index in [1.807, 2.05) is 6.07 Å². The molecule has 2 rings (SSSR count). The summed E-state index contributed by atoms with van der Waals surface area (Å²) < 4.78 is 1.14. The van der Waals surface area contributed by atoms with E-state index in [1.165, 1.54) is 18.7 Å². The molecule has 0 amide bonds. The largest absolute Gasteiger partial charge is 0.384 e. The molecule has 76 valence electrons. The highest BCUT2D eigenvalue weighted by molar-refractivity contribution is 9.10. The lowest BCUT2D eigenvalue weighted by Crippen LogP contribution is -2.17. The van der Waals surface area contributed by atoms with Crippen molar-refractivity contribution in [3.05, 3.63) is 28.7 Å². The van der Waals surface area contributed by atoms with Crippen LogP contribution < -0.4 is 10.6 Å². The summed E-state index contributed by atoms with van der Waals surface area (Å²) >= 11 is 3.53. The molecule has 0 aliphatic carbocycles. The van der Waals surface area contributed by atoms with E-state index in [-0.39, 0.29) is 0 Å². The highest BCUT2D eigenvalue weighted by Crippen LogP contribution is 2.21. The summed E-state index contributed by atoms with van der Waals surface area (Å²) in [4.78, 5) is 0. The van der Waals surface area contributed by atoms with Gasteiger partial charge in [-0.05, 0) is 53.5 Å². The van der Waals surface area contributed by atoms with Crippen molar-refractivity contribution in [2.24, 2.45) is 5.92 Å². The van der Waals surface area contributed by atoms with E-state index >= 15 is 0 Å². The SMILES string of the molecule is Brc1ccccc1NCC1CCNC1. The molecular weight excluding hydrogens is 240 g/mol. The minimum absolute atomic E-state index is 0.780. The normalized spacial score (nSPS) is 21.1. The maximum Gasteiger partial charge on any atom is 0.0484 e. The van der Waals surface area contributed by atoms with Gasteiger partial charge in [-0.15, -0.1) is 0 Å². The molecule has 1 saturated heterocycles. The first-order valence-electron chi connectivity index (χ1n) is 5.05. The van der Waals surface area contributed by atoms with Crippen LogP contribution in [0.2, 0.25) is 0 Å². The van der Waals surface area contributed by atoms with Crippen LogP contribution in [0.25, 0.3) is 0 Å². The third-order valence-corrected chi connectivity index (χ3v) is 3.31. The van der Waals surface area contributed by atoms with E-state index in [0.717, 1.165) is 23.5 Å². The number of rotatable bonds is 3. The van der Waals surface area contributed by atoms with Crippen molar-refractivity contribution in [2.75, 3.05) is 25.0 Å². The number of hydrogen-bond acceptors (Lipinski definition) is 2. The van der Waals surface area contributed by atoms with Crippen molar-refractivity contribution in [3.8, 4) is 0 Å². The highest BCUT2D eigenvalue weighted by atomic mass is 79.9. The monoisotopic (exact) mass is 254 g/mol. The fourth-order valence-electron chi connectivity index (χ4n) is 1.75. The van der Waals surface area contributed by atoms with Gasteiger partial charge in [-0.2, -0.15) is 0 Å². The number of hydrogen-bond donors (Lipinski definition) is 2. The van der Waals surface area contributed by atoms with E-state index in [4.69, 9.17) is 0 Å². The Morgan fingerprint density at radius 2 is 2.29 bits per heavy atom. The molecule has 1 aliphatic heterocycles. The first-order valence-corrected chi connectivity index (χ1v) is 5.84. The van der Waals surface area contributed by atoms with E-state index in [0.29, 0.717) is 0 Å². The van der Waals surface area contributed by atoms with Gasteiger partial charge in [0.25, 0.3) is 0 Å². The molecule has 0 spiro atoms. The maximum absolute atomic E-state index is 3.53. The fourth-order valence-corrected chi connectivity index (χ4v) is 2.17. The second-order valence-corrected chi connectivity index (χ2v) is 4.57. The Kier molecular flexibility index (Phi) is 3.43. The standard InChI is InChI=1S/C11H15BrN2/c12-10-3-1-2-4-11(10)14-8-9-5-6-13-7-9/h1-4,9,13-14H,5-8H2. The molecule has 0 aromatic heterocycles. The van der Waals surface area contributed by atoms with Crippen molar-refractivity contribution >= 4 is 21.6 Å². The smallest absolute Gasteiger partial charge is 0.0484 e. The lowest BCUT2D eigenvalue weighted by molar-refractivity contribution is 0.615. The molecule has 1 fully saturated rings. The van der Waals surface area contributed by atoms with Gasteiger partial charge in [-0.3, -0.25) is 0 Å². The number of benzene rings is 1. The molecule has 14 heavy (non-hydrogen) atoms. The Morgan fingerprint density at radius 3 is 3.00 bits per heavy atom. The van der Waals surface area contributed by atoms with Crippen LogP contribution in [0.15, 0.2) is 28.7 Å². The van der Waals surface area contributed by atoms with Gasteiger partial charge in [-0.1, -0.05) is 12.1 Å². The summed E-state index contributed by atoms with van der Waals surface area (Å²) in [5.74, 6) is 0.780.